The minimum absolute atomic E-state index is 0.0634. The number of nitrogens with one attached hydrogen (secondary N) is 1. The molecule has 1 N–H and O–H groups in total. The molecule has 2 atom stereocenters. The normalized spacial score (nSPS) is 25.1. The van der Waals surface area contributed by atoms with Crippen LogP contribution in [0.15, 0.2) is 12.4 Å². The van der Waals surface area contributed by atoms with Gasteiger partial charge in [0, 0.05) is 56.9 Å². The predicted molar refractivity (Wildman–Crippen MR) is 94.4 cm³/mol. The van der Waals surface area contributed by atoms with Gasteiger partial charge in [0.2, 0.25) is 5.82 Å². The molecule has 2 aliphatic heterocycles. The first kappa shape index (κ1) is 16.0. The number of carbonyl (C=O) groups excluding carboxylic acids is 1. The van der Waals surface area contributed by atoms with E-state index in [4.69, 9.17) is 0 Å². The Morgan fingerprint density at radius 2 is 2.08 bits per heavy atom. The standard InChI is InChI=1S/C18H25N7O/c1-2-24-8-12(6-19-24)7-23-9-13-5-16-21-22-17(18(26)20-15-3-4-15)25(16)11-14(13)10-23/h6,8,13-15H,2-5,7,9-11H2,1H3,(H,20,26)/t13-,14+/m0/s1. The lowest BCUT2D eigenvalue weighted by atomic mass is 9.89. The van der Waals surface area contributed by atoms with Crippen LogP contribution < -0.4 is 5.32 Å². The minimum atomic E-state index is -0.0634. The Kier molecular flexibility index (Phi) is 3.81. The summed E-state index contributed by atoms with van der Waals surface area (Å²) in [5.74, 6) is 2.56. The Morgan fingerprint density at radius 3 is 2.85 bits per heavy atom. The molecule has 3 aliphatic rings. The highest BCUT2D eigenvalue weighted by molar-refractivity contribution is 5.91. The summed E-state index contributed by atoms with van der Waals surface area (Å²) in [5.41, 5.74) is 1.27. The largest absolute Gasteiger partial charge is 0.347 e. The number of nitrogens with zero attached hydrogens (tertiary/aromatic N) is 6. The van der Waals surface area contributed by atoms with Crippen LogP contribution in [0.25, 0.3) is 0 Å². The number of hydrogen-bond donors (Lipinski definition) is 1. The molecule has 1 aliphatic carbocycles. The monoisotopic (exact) mass is 355 g/mol. The van der Waals surface area contributed by atoms with E-state index in [1.165, 1.54) is 5.56 Å². The minimum Gasteiger partial charge on any atom is -0.347 e. The van der Waals surface area contributed by atoms with Crippen molar-refractivity contribution < 1.29 is 4.79 Å². The molecular weight excluding hydrogens is 330 g/mol. The van der Waals surface area contributed by atoms with Crippen LogP contribution in [-0.2, 0) is 26.1 Å². The molecule has 0 aromatic carbocycles. The fourth-order valence-electron chi connectivity index (χ4n) is 4.32. The molecular formula is C18H25N7O. The third kappa shape index (κ3) is 2.92. The molecule has 1 saturated carbocycles. The van der Waals surface area contributed by atoms with Crippen LogP contribution in [0.3, 0.4) is 0 Å². The second kappa shape index (κ2) is 6.19. The number of hydrogen-bond acceptors (Lipinski definition) is 5. The SMILES string of the molecule is CCn1cc(CN2C[C@@H]3Cn4c(nnc4C(=O)NC4CC4)C[C@H]3C2)cn1. The zero-order chi connectivity index (χ0) is 17.7. The number of rotatable bonds is 5. The smallest absolute Gasteiger partial charge is 0.289 e. The van der Waals surface area contributed by atoms with Gasteiger partial charge in [0.25, 0.3) is 5.91 Å². The first-order valence-electron chi connectivity index (χ1n) is 9.66. The molecule has 0 bridgehead atoms. The molecule has 2 fully saturated rings. The van der Waals surface area contributed by atoms with Crippen molar-refractivity contribution in [3.63, 3.8) is 0 Å². The van der Waals surface area contributed by atoms with Gasteiger partial charge >= 0.3 is 0 Å². The van der Waals surface area contributed by atoms with E-state index >= 15 is 0 Å². The molecule has 8 nitrogen and oxygen atoms in total. The number of aromatic nitrogens is 5. The molecule has 2 aromatic rings. The molecule has 1 saturated heterocycles. The van der Waals surface area contributed by atoms with Crippen LogP contribution >= 0.6 is 0 Å². The average Bonchev–Trinajstić information content (AvgIpc) is 3.04. The first-order valence-corrected chi connectivity index (χ1v) is 9.66. The van der Waals surface area contributed by atoms with Gasteiger partial charge in [-0.05, 0) is 31.6 Å². The highest BCUT2D eigenvalue weighted by Crippen LogP contribution is 2.33. The first-order chi connectivity index (χ1) is 12.7. The Balaban J connectivity index is 1.26. The maximum absolute atomic E-state index is 12.4. The summed E-state index contributed by atoms with van der Waals surface area (Å²) in [7, 11) is 0. The van der Waals surface area contributed by atoms with Crippen LogP contribution in [0.1, 0.15) is 41.8 Å². The lowest BCUT2D eigenvalue weighted by Crippen LogP contribution is -2.33. The van der Waals surface area contributed by atoms with Crippen LogP contribution in [-0.4, -0.2) is 54.5 Å². The van der Waals surface area contributed by atoms with Gasteiger partial charge in [-0.3, -0.25) is 14.4 Å². The fraction of sp³-hybridized carbons (Fsp3) is 0.667. The van der Waals surface area contributed by atoms with Gasteiger partial charge in [-0.15, -0.1) is 10.2 Å². The van der Waals surface area contributed by atoms with E-state index < -0.39 is 0 Å². The quantitative estimate of drug-likeness (QED) is 0.854. The summed E-state index contributed by atoms with van der Waals surface area (Å²) in [6.45, 7) is 6.95. The lowest BCUT2D eigenvalue weighted by Gasteiger charge is -2.25. The van der Waals surface area contributed by atoms with E-state index in [0.29, 0.717) is 23.7 Å². The van der Waals surface area contributed by atoms with Crippen molar-refractivity contribution in [2.24, 2.45) is 11.8 Å². The van der Waals surface area contributed by atoms with Gasteiger partial charge < -0.3 is 9.88 Å². The summed E-state index contributed by atoms with van der Waals surface area (Å²) in [6.07, 6.45) is 7.19. The van der Waals surface area contributed by atoms with Crippen LogP contribution in [0.2, 0.25) is 0 Å². The van der Waals surface area contributed by atoms with Gasteiger partial charge in [-0.1, -0.05) is 0 Å². The van der Waals surface area contributed by atoms with E-state index in [1.807, 2.05) is 10.9 Å². The van der Waals surface area contributed by atoms with Crippen molar-refractivity contribution in [2.75, 3.05) is 13.1 Å². The second-order valence-electron chi connectivity index (χ2n) is 7.92. The van der Waals surface area contributed by atoms with Gasteiger partial charge in [0.1, 0.15) is 5.82 Å². The van der Waals surface area contributed by atoms with Gasteiger partial charge in [0.05, 0.1) is 6.20 Å². The number of fused-ring (bicyclic) bond motifs is 2. The number of amides is 1. The highest BCUT2D eigenvalue weighted by atomic mass is 16.2. The zero-order valence-corrected chi connectivity index (χ0v) is 15.1. The summed E-state index contributed by atoms with van der Waals surface area (Å²) in [6, 6.07) is 0.345. The Labute approximate surface area is 152 Å². The van der Waals surface area contributed by atoms with Crippen molar-refractivity contribution >= 4 is 5.91 Å². The van der Waals surface area contributed by atoms with Gasteiger partial charge in [0.15, 0.2) is 0 Å². The molecule has 0 spiro atoms. The van der Waals surface area contributed by atoms with Crippen molar-refractivity contribution in [3.8, 4) is 0 Å². The lowest BCUT2D eigenvalue weighted by molar-refractivity contribution is 0.0932. The fourth-order valence-corrected chi connectivity index (χ4v) is 4.32. The van der Waals surface area contributed by atoms with Crippen molar-refractivity contribution in [1.29, 1.82) is 0 Å². The van der Waals surface area contributed by atoms with E-state index in [2.05, 4.69) is 43.2 Å². The Morgan fingerprint density at radius 1 is 1.23 bits per heavy atom. The van der Waals surface area contributed by atoms with Crippen LogP contribution in [0.5, 0.6) is 0 Å². The maximum Gasteiger partial charge on any atom is 0.289 e. The van der Waals surface area contributed by atoms with Crippen molar-refractivity contribution in [3.05, 3.63) is 29.6 Å². The summed E-state index contributed by atoms with van der Waals surface area (Å²) in [4.78, 5) is 14.9. The Bertz CT molecular complexity index is 821. The summed E-state index contributed by atoms with van der Waals surface area (Å²) >= 11 is 0. The number of likely N-dealkylation sites (tertiary alicyclic amines) is 1. The van der Waals surface area contributed by atoms with E-state index in [9.17, 15) is 4.79 Å². The molecule has 4 heterocycles. The highest BCUT2D eigenvalue weighted by Gasteiger charge is 2.39. The topological polar surface area (TPSA) is 80.9 Å². The number of aryl methyl sites for hydroxylation is 1. The Hall–Kier alpha value is -2.22. The van der Waals surface area contributed by atoms with Gasteiger partial charge in [-0.2, -0.15) is 5.10 Å². The molecule has 26 heavy (non-hydrogen) atoms. The zero-order valence-electron chi connectivity index (χ0n) is 15.1. The molecule has 8 heteroatoms. The van der Waals surface area contributed by atoms with E-state index in [0.717, 1.165) is 57.8 Å². The third-order valence-electron chi connectivity index (χ3n) is 5.87. The second-order valence-corrected chi connectivity index (χ2v) is 7.92. The van der Waals surface area contributed by atoms with E-state index in [1.54, 1.807) is 0 Å². The van der Waals surface area contributed by atoms with Crippen molar-refractivity contribution in [2.45, 2.75) is 51.9 Å². The summed E-state index contributed by atoms with van der Waals surface area (Å²) < 4.78 is 4.03. The molecule has 0 unspecified atom stereocenters. The average molecular weight is 355 g/mol. The molecule has 2 aromatic heterocycles. The van der Waals surface area contributed by atoms with Crippen molar-refractivity contribution in [1.82, 2.24) is 34.8 Å². The van der Waals surface area contributed by atoms with Gasteiger partial charge in [-0.25, -0.2) is 0 Å². The summed E-state index contributed by atoms with van der Waals surface area (Å²) in [5, 5.41) is 15.9. The maximum atomic E-state index is 12.4. The van der Waals surface area contributed by atoms with Crippen LogP contribution in [0.4, 0.5) is 0 Å². The molecule has 5 rings (SSSR count). The molecule has 0 radical (unpaired) electrons. The number of carbonyl (C=O) groups is 1. The predicted octanol–water partition coefficient (Wildman–Crippen LogP) is 0.691. The van der Waals surface area contributed by atoms with E-state index in [-0.39, 0.29) is 5.91 Å². The molecule has 1 amide bonds. The molecule has 138 valence electrons. The van der Waals surface area contributed by atoms with Crippen LogP contribution in [0, 0.1) is 11.8 Å². The third-order valence-corrected chi connectivity index (χ3v) is 5.87.